The molecule has 1 nitrogen and oxygen atoms in total. The number of rotatable bonds is 1. The van der Waals surface area contributed by atoms with E-state index in [2.05, 4.69) is 43.4 Å². The average molecular weight is 187 g/mol. The summed E-state index contributed by atoms with van der Waals surface area (Å²) < 4.78 is 0. The molecular formula is C13H17N. The Labute approximate surface area is 85.7 Å². The first-order valence-corrected chi connectivity index (χ1v) is 5.29. The van der Waals surface area contributed by atoms with Crippen LogP contribution in [0.3, 0.4) is 0 Å². The molecule has 0 saturated heterocycles. The lowest BCUT2D eigenvalue weighted by Crippen LogP contribution is -2.17. The minimum absolute atomic E-state index is 0.518. The van der Waals surface area contributed by atoms with E-state index in [9.17, 15) is 0 Å². The van der Waals surface area contributed by atoms with Gasteiger partial charge in [-0.2, -0.15) is 0 Å². The number of hydrogen-bond donors (Lipinski definition) is 1. The maximum Gasteiger partial charge on any atom is 0.0309 e. The topological polar surface area (TPSA) is 26.0 Å². The van der Waals surface area contributed by atoms with Gasteiger partial charge in [0.2, 0.25) is 0 Å². The van der Waals surface area contributed by atoms with E-state index in [0.29, 0.717) is 11.8 Å². The van der Waals surface area contributed by atoms with Crippen molar-refractivity contribution in [3.8, 4) is 0 Å². The van der Waals surface area contributed by atoms with E-state index in [4.69, 9.17) is 5.73 Å². The number of hydrogen-bond acceptors (Lipinski definition) is 1. The van der Waals surface area contributed by atoms with Gasteiger partial charge in [-0.05, 0) is 30.4 Å². The van der Waals surface area contributed by atoms with Crippen LogP contribution in [0.15, 0.2) is 47.7 Å². The van der Waals surface area contributed by atoms with Crippen molar-refractivity contribution in [2.24, 2.45) is 17.6 Å². The molecule has 0 saturated carbocycles. The zero-order chi connectivity index (χ0) is 9.97. The fourth-order valence-electron chi connectivity index (χ4n) is 2.21. The Morgan fingerprint density at radius 3 is 2.79 bits per heavy atom. The molecule has 14 heavy (non-hydrogen) atoms. The van der Waals surface area contributed by atoms with Crippen molar-refractivity contribution in [2.75, 3.05) is 0 Å². The third kappa shape index (κ3) is 1.67. The van der Waals surface area contributed by atoms with E-state index in [0.717, 1.165) is 18.5 Å². The molecule has 2 aliphatic rings. The van der Waals surface area contributed by atoms with Crippen molar-refractivity contribution in [1.29, 1.82) is 0 Å². The minimum atomic E-state index is 0.518. The Morgan fingerprint density at radius 1 is 1.29 bits per heavy atom. The lowest BCUT2D eigenvalue weighted by Gasteiger charge is -2.26. The largest absolute Gasteiger partial charge is 0.399 e. The highest BCUT2D eigenvalue weighted by atomic mass is 14.6. The van der Waals surface area contributed by atoms with Crippen LogP contribution in [0.1, 0.15) is 19.8 Å². The van der Waals surface area contributed by atoms with E-state index in [1.54, 1.807) is 0 Å². The first-order valence-electron chi connectivity index (χ1n) is 5.29. The quantitative estimate of drug-likeness (QED) is 0.671. The molecule has 0 bridgehead atoms. The predicted octanol–water partition coefficient (Wildman–Crippen LogP) is 2.93. The highest BCUT2D eigenvalue weighted by Crippen LogP contribution is 2.32. The Bertz CT molecular complexity index is 331. The third-order valence-electron chi connectivity index (χ3n) is 3.06. The molecule has 2 aliphatic carbocycles. The lowest BCUT2D eigenvalue weighted by atomic mass is 9.80. The van der Waals surface area contributed by atoms with Crippen LogP contribution in [0.2, 0.25) is 0 Å². The summed E-state index contributed by atoms with van der Waals surface area (Å²) in [7, 11) is 0. The monoisotopic (exact) mass is 187 g/mol. The number of allylic oxidation sites excluding steroid dienone is 7. The summed E-state index contributed by atoms with van der Waals surface area (Å²) in [5.74, 6) is 1.10. The summed E-state index contributed by atoms with van der Waals surface area (Å²) in [4.78, 5) is 0. The fraction of sp³-hybridized carbons (Fsp3) is 0.385. The summed E-state index contributed by atoms with van der Waals surface area (Å²) in [6.45, 7) is 2.25. The maximum atomic E-state index is 6.01. The van der Waals surface area contributed by atoms with Gasteiger partial charge in [-0.15, -0.1) is 0 Å². The second-order valence-electron chi connectivity index (χ2n) is 4.08. The van der Waals surface area contributed by atoms with Crippen LogP contribution in [-0.4, -0.2) is 0 Å². The van der Waals surface area contributed by atoms with Crippen molar-refractivity contribution in [2.45, 2.75) is 19.8 Å². The lowest BCUT2D eigenvalue weighted by molar-refractivity contribution is 0.550. The first kappa shape index (κ1) is 9.32. The van der Waals surface area contributed by atoms with Gasteiger partial charge < -0.3 is 5.73 Å². The van der Waals surface area contributed by atoms with Crippen LogP contribution < -0.4 is 5.73 Å². The minimum Gasteiger partial charge on any atom is -0.399 e. The zero-order valence-electron chi connectivity index (χ0n) is 8.61. The van der Waals surface area contributed by atoms with Gasteiger partial charge in [0, 0.05) is 11.6 Å². The van der Waals surface area contributed by atoms with Gasteiger partial charge in [0.15, 0.2) is 0 Å². The van der Waals surface area contributed by atoms with Crippen molar-refractivity contribution >= 4 is 0 Å². The summed E-state index contributed by atoms with van der Waals surface area (Å²) >= 11 is 0. The van der Waals surface area contributed by atoms with Crippen LogP contribution in [0.25, 0.3) is 0 Å². The molecule has 74 valence electrons. The molecule has 0 aromatic rings. The van der Waals surface area contributed by atoms with Crippen LogP contribution in [0.5, 0.6) is 0 Å². The molecule has 0 aromatic heterocycles. The summed E-state index contributed by atoms with van der Waals surface area (Å²) in [6, 6.07) is 0. The maximum absolute atomic E-state index is 6.01. The van der Waals surface area contributed by atoms with E-state index in [1.165, 1.54) is 5.57 Å². The molecule has 2 atom stereocenters. The molecule has 2 unspecified atom stereocenters. The highest BCUT2D eigenvalue weighted by molar-refractivity contribution is 5.33. The molecule has 0 fully saturated rings. The van der Waals surface area contributed by atoms with Crippen LogP contribution >= 0.6 is 0 Å². The van der Waals surface area contributed by atoms with Gasteiger partial charge in [0.1, 0.15) is 0 Å². The SMILES string of the molecule is CC1C=CC=CC1C1=C(N)C=CCC1. The smallest absolute Gasteiger partial charge is 0.0309 e. The zero-order valence-corrected chi connectivity index (χ0v) is 8.61. The third-order valence-corrected chi connectivity index (χ3v) is 3.06. The molecule has 0 aromatic carbocycles. The Hall–Kier alpha value is -1.24. The Balaban J connectivity index is 2.26. The summed E-state index contributed by atoms with van der Waals surface area (Å²) in [5, 5.41) is 0. The van der Waals surface area contributed by atoms with Gasteiger partial charge in [-0.1, -0.05) is 37.3 Å². The van der Waals surface area contributed by atoms with E-state index in [-0.39, 0.29) is 0 Å². The second-order valence-corrected chi connectivity index (χ2v) is 4.08. The molecule has 1 heteroatoms. The first-order chi connectivity index (χ1) is 6.79. The van der Waals surface area contributed by atoms with E-state index < -0.39 is 0 Å². The van der Waals surface area contributed by atoms with Crippen LogP contribution in [0, 0.1) is 11.8 Å². The molecule has 0 radical (unpaired) electrons. The van der Waals surface area contributed by atoms with Gasteiger partial charge in [0.05, 0.1) is 0 Å². The Kier molecular flexibility index (Phi) is 2.58. The second kappa shape index (κ2) is 3.87. The molecule has 2 rings (SSSR count). The Morgan fingerprint density at radius 2 is 2.07 bits per heavy atom. The van der Waals surface area contributed by atoms with Crippen LogP contribution in [0.4, 0.5) is 0 Å². The normalized spacial score (nSPS) is 31.2. The van der Waals surface area contributed by atoms with Gasteiger partial charge in [0.25, 0.3) is 0 Å². The number of nitrogens with two attached hydrogens (primary N) is 1. The average Bonchev–Trinajstić information content (AvgIpc) is 2.20. The van der Waals surface area contributed by atoms with Gasteiger partial charge >= 0.3 is 0 Å². The highest BCUT2D eigenvalue weighted by Gasteiger charge is 2.21. The van der Waals surface area contributed by atoms with Crippen LogP contribution in [-0.2, 0) is 0 Å². The van der Waals surface area contributed by atoms with Crippen molar-refractivity contribution < 1.29 is 0 Å². The van der Waals surface area contributed by atoms with Crippen molar-refractivity contribution in [3.05, 3.63) is 47.7 Å². The van der Waals surface area contributed by atoms with Gasteiger partial charge in [-0.25, -0.2) is 0 Å². The van der Waals surface area contributed by atoms with Crippen molar-refractivity contribution in [1.82, 2.24) is 0 Å². The van der Waals surface area contributed by atoms with E-state index >= 15 is 0 Å². The molecule has 0 amide bonds. The van der Waals surface area contributed by atoms with Gasteiger partial charge in [-0.3, -0.25) is 0 Å². The predicted molar refractivity (Wildman–Crippen MR) is 60.5 cm³/mol. The molecule has 0 aliphatic heterocycles. The molecule has 0 spiro atoms. The molecular weight excluding hydrogens is 170 g/mol. The standard InChI is InChI=1S/C13H17N/c1-10-6-2-3-7-11(10)12-8-4-5-9-13(12)14/h2-3,5-7,9-11H,4,8,14H2,1H3. The summed E-state index contributed by atoms with van der Waals surface area (Å²) in [6.07, 6.45) is 15.2. The van der Waals surface area contributed by atoms with E-state index in [1.807, 2.05) is 0 Å². The van der Waals surface area contributed by atoms with Crippen molar-refractivity contribution in [3.63, 3.8) is 0 Å². The summed E-state index contributed by atoms with van der Waals surface area (Å²) in [5.41, 5.74) is 8.40. The fourth-order valence-corrected chi connectivity index (χ4v) is 2.21. The molecule has 2 N–H and O–H groups in total. The molecule has 0 heterocycles.